The summed E-state index contributed by atoms with van der Waals surface area (Å²) < 4.78 is 25.8. The molecule has 0 bridgehead atoms. The molecule has 3 rings (SSSR count). The number of benzene rings is 1. The van der Waals surface area contributed by atoms with E-state index < -0.39 is 10.0 Å². The predicted molar refractivity (Wildman–Crippen MR) is 95.3 cm³/mol. The zero-order valence-corrected chi connectivity index (χ0v) is 14.4. The Kier molecular flexibility index (Phi) is 5.29. The lowest BCUT2D eigenvalue weighted by molar-refractivity contribution is 0.602. The Labute approximate surface area is 142 Å². The molecule has 1 heterocycles. The molecule has 5 nitrogen and oxygen atoms in total. The largest absolute Gasteiger partial charge is 0.327 e. The Morgan fingerprint density at radius 2 is 2.04 bits per heavy atom. The second-order valence-corrected chi connectivity index (χ2v) is 7.58. The van der Waals surface area contributed by atoms with Crippen LogP contribution in [0, 0.1) is 0 Å². The average Bonchev–Trinajstić information content (AvgIpc) is 3.24. The summed E-state index contributed by atoms with van der Waals surface area (Å²) in [6, 6.07) is 11.5. The number of nitrogens with one attached hydrogen (secondary N) is 1. The van der Waals surface area contributed by atoms with Crippen LogP contribution in [0.15, 0.2) is 42.6 Å². The van der Waals surface area contributed by atoms with Crippen LogP contribution >= 0.6 is 12.4 Å². The summed E-state index contributed by atoms with van der Waals surface area (Å²) in [4.78, 5) is 4.47. The van der Waals surface area contributed by atoms with Crippen molar-refractivity contribution in [1.29, 1.82) is 0 Å². The van der Waals surface area contributed by atoms with Crippen LogP contribution in [0.3, 0.4) is 0 Å². The zero-order chi connectivity index (χ0) is 15.7. The van der Waals surface area contributed by atoms with E-state index in [9.17, 15) is 8.42 Å². The van der Waals surface area contributed by atoms with Crippen molar-refractivity contribution in [3.8, 4) is 11.3 Å². The minimum Gasteiger partial charge on any atom is -0.327 e. The number of sulfonamides is 1. The van der Waals surface area contributed by atoms with Crippen molar-refractivity contribution < 1.29 is 8.42 Å². The van der Waals surface area contributed by atoms with Crippen LogP contribution in [0.5, 0.6) is 0 Å². The van der Waals surface area contributed by atoms with Crippen LogP contribution in [0.25, 0.3) is 11.3 Å². The molecule has 124 valence electrons. The molecule has 2 atom stereocenters. The molecule has 1 aromatic heterocycles. The standard InChI is InChI=1S/C16H19N3O2S.ClH/c1-2-22(20,21)19-13-5-3-4-11(8-13)16-7-6-12(10-18-16)14-9-15(14)17;/h3-8,10,14-15,19H,2,9,17H2,1H3;1H/t14-,15+;/m1./s1. The van der Waals surface area contributed by atoms with Gasteiger partial charge in [0.2, 0.25) is 10.0 Å². The normalized spacial score (nSPS) is 19.7. The molecule has 0 amide bonds. The molecule has 0 spiro atoms. The Morgan fingerprint density at radius 3 is 2.61 bits per heavy atom. The van der Waals surface area contributed by atoms with E-state index in [2.05, 4.69) is 9.71 Å². The second kappa shape index (κ2) is 6.86. The Balaban J connectivity index is 0.00000192. The molecular formula is C16H20ClN3O2S. The van der Waals surface area contributed by atoms with Gasteiger partial charge >= 0.3 is 0 Å². The van der Waals surface area contributed by atoms with Gasteiger partial charge in [0.05, 0.1) is 11.4 Å². The Bertz CT molecular complexity index is 778. The highest BCUT2D eigenvalue weighted by atomic mass is 35.5. The molecule has 3 N–H and O–H groups in total. The van der Waals surface area contributed by atoms with Crippen LogP contribution in [-0.2, 0) is 10.0 Å². The number of nitrogens with zero attached hydrogens (tertiary/aromatic N) is 1. The van der Waals surface area contributed by atoms with Crippen molar-refractivity contribution in [2.45, 2.75) is 25.3 Å². The summed E-state index contributed by atoms with van der Waals surface area (Å²) in [5.74, 6) is 0.482. The minimum atomic E-state index is -3.27. The zero-order valence-electron chi connectivity index (χ0n) is 12.8. The van der Waals surface area contributed by atoms with E-state index in [0.717, 1.165) is 17.7 Å². The highest BCUT2D eigenvalue weighted by Crippen LogP contribution is 2.38. The van der Waals surface area contributed by atoms with Gasteiger partial charge in [-0.25, -0.2) is 8.42 Å². The van der Waals surface area contributed by atoms with Crippen molar-refractivity contribution >= 4 is 28.1 Å². The number of hydrogen-bond donors (Lipinski definition) is 2. The quantitative estimate of drug-likeness (QED) is 0.865. The molecule has 0 saturated heterocycles. The van der Waals surface area contributed by atoms with Gasteiger partial charge in [0.1, 0.15) is 0 Å². The lowest BCUT2D eigenvalue weighted by atomic mass is 10.1. The fourth-order valence-electron chi connectivity index (χ4n) is 2.39. The van der Waals surface area contributed by atoms with Gasteiger partial charge in [0.15, 0.2) is 0 Å². The summed E-state index contributed by atoms with van der Waals surface area (Å²) in [7, 11) is -3.27. The minimum absolute atomic E-state index is 0. The molecule has 0 aliphatic heterocycles. The van der Waals surface area contributed by atoms with Gasteiger partial charge in [-0.1, -0.05) is 18.2 Å². The van der Waals surface area contributed by atoms with Crippen LogP contribution < -0.4 is 10.5 Å². The van der Waals surface area contributed by atoms with Crippen LogP contribution in [0.2, 0.25) is 0 Å². The van der Waals surface area contributed by atoms with E-state index >= 15 is 0 Å². The van der Waals surface area contributed by atoms with Gasteiger partial charge in [-0.3, -0.25) is 9.71 Å². The summed E-state index contributed by atoms with van der Waals surface area (Å²) in [6.45, 7) is 1.61. The maximum atomic E-state index is 11.6. The molecule has 1 aliphatic rings. The third-order valence-electron chi connectivity index (χ3n) is 3.87. The van der Waals surface area contributed by atoms with Crippen molar-refractivity contribution in [2.24, 2.45) is 5.73 Å². The van der Waals surface area contributed by atoms with Crippen molar-refractivity contribution in [2.75, 3.05) is 10.5 Å². The van der Waals surface area contributed by atoms with Gasteiger partial charge < -0.3 is 5.73 Å². The third-order valence-corrected chi connectivity index (χ3v) is 5.17. The number of rotatable bonds is 5. The summed E-state index contributed by atoms with van der Waals surface area (Å²) in [5, 5.41) is 0. The SMILES string of the molecule is CCS(=O)(=O)Nc1cccc(-c2ccc([C@H]3C[C@@H]3N)cn2)c1.Cl. The van der Waals surface area contributed by atoms with E-state index in [-0.39, 0.29) is 24.2 Å². The Morgan fingerprint density at radius 1 is 1.30 bits per heavy atom. The van der Waals surface area contributed by atoms with Gasteiger partial charge in [0.25, 0.3) is 0 Å². The first-order chi connectivity index (χ1) is 10.5. The summed E-state index contributed by atoms with van der Waals surface area (Å²) in [5.41, 5.74) is 9.26. The van der Waals surface area contributed by atoms with Gasteiger partial charge in [-0.2, -0.15) is 0 Å². The van der Waals surface area contributed by atoms with E-state index in [1.807, 2.05) is 30.5 Å². The number of hydrogen-bond acceptors (Lipinski definition) is 4. The third kappa shape index (κ3) is 4.22. The fraction of sp³-hybridized carbons (Fsp3) is 0.312. The molecule has 7 heteroatoms. The smallest absolute Gasteiger partial charge is 0.232 e. The first-order valence-electron chi connectivity index (χ1n) is 7.31. The topological polar surface area (TPSA) is 85.1 Å². The van der Waals surface area contributed by atoms with Crippen molar-refractivity contribution in [3.63, 3.8) is 0 Å². The van der Waals surface area contributed by atoms with Crippen LogP contribution in [-0.4, -0.2) is 25.2 Å². The van der Waals surface area contributed by atoms with E-state index in [0.29, 0.717) is 11.6 Å². The molecular weight excluding hydrogens is 334 g/mol. The van der Waals surface area contributed by atoms with Gasteiger partial charge in [-0.05, 0) is 37.1 Å². The lowest BCUT2D eigenvalue weighted by Gasteiger charge is -2.08. The van der Waals surface area contributed by atoms with Crippen molar-refractivity contribution in [3.05, 3.63) is 48.2 Å². The van der Waals surface area contributed by atoms with Crippen LogP contribution in [0.1, 0.15) is 24.8 Å². The van der Waals surface area contributed by atoms with Gasteiger partial charge in [-0.15, -0.1) is 12.4 Å². The van der Waals surface area contributed by atoms with Gasteiger partial charge in [0, 0.05) is 29.4 Å². The van der Waals surface area contributed by atoms with Crippen molar-refractivity contribution in [1.82, 2.24) is 4.98 Å². The molecule has 23 heavy (non-hydrogen) atoms. The molecule has 0 unspecified atom stereocenters. The summed E-state index contributed by atoms with van der Waals surface area (Å²) in [6.07, 6.45) is 2.88. The molecule has 2 aromatic rings. The molecule has 1 saturated carbocycles. The highest BCUT2D eigenvalue weighted by molar-refractivity contribution is 7.92. The first kappa shape index (κ1) is 17.7. The molecule has 1 aliphatic carbocycles. The number of nitrogens with two attached hydrogens (primary N) is 1. The highest BCUT2D eigenvalue weighted by Gasteiger charge is 2.34. The number of anilines is 1. The van der Waals surface area contributed by atoms with E-state index in [1.165, 1.54) is 5.56 Å². The molecule has 1 fully saturated rings. The van der Waals surface area contributed by atoms with E-state index in [4.69, 9.17) is 5.73 Å². The van der Waals surface area contributed by atoms with Crippen LogP contribution in [0.4, 0.5) is 5.69 Å². The first-order valence-corrected chi connectivity index (χ1v) is 8.96. The number of pyridine rings is 1. The Hall–Kier alpha value is -1.63. The monoisotopic (exact) mass is 353 g/mol. The fourth-order valence-corrected chi connectivity index (χ4v) is 3.02. The average molecular weight is 354 g/mol. The molecule has 1 aromatic carbocycles. The maximum absolute atomic E-state index is 11.6. The predicted octanol–water partition coefficient (Wildman–Crippen LogP) is 2.75. The summed E-state index contributed by atoms with van der Waals surface area (Å²) >= 11 is 0. The lowest BCUT2D eigenvalue weighted by Crippen LogP contribution is -2.14. The maximum Gasteiger partial charge on any atom is 0.232 e. The van der Waals surface area contributed by atoms with E-state index in [1.54, 1.807) is 19.1 Å². The molecule has 0 radical (unpaired) electrons. The number of halogens is 1. The number of aromatic nitrogens is 1. The second-order valence-electron chi connectivity index (χ2n) is 5.57.